The van der Waals surface area contributed by atoms with Crippen molar-refractivity contribution < 1.29 is 15.3 Å². The summed E-state index contributed by atoms with van der Waals surface area (Å²) >= 11 is 0. The predicted octanol–water partition coefficient (Wildman–Crippen LogP) is 1.54. The molecule has 1 aromatic rings. The lowest BCUT2D eigenvalue weighted by molar-refractivity contribution is 0.166. The number of phenols is 2. The summed E-state index contributed by atoms with van der Waals surface area (Å²) < 4.78 is 0. The number of hydrogen-bond donors (Lipinski definition) is 3. The Hall–Kier alpha value is -1.22. The molecule has 3 heteroatoms. The zero-order valence-corrected chi connectivity index (χ0v) is 6.86. The summed E-state index contributed by atoms with van der Waals surface area (Å²) in [6, 6.07) is 4.40. The first-order valence-electron chi connectivity index (χ1n) is 3.85. The SMILES string of the molecule is CCC(O)c1c(O)cccc1O. The van der Waals surface area contributed by atoms with Crippen LogP contribution in [0.1, 0.15) is 25.0 Å². The fourth-order valence-electron chi connectivity index (χ4n) is 1.09. The minimum atomic E-state index is -0.800. The van der Waals surface area contributed by atoms with E-state index in [1.54, 1.807) is 6.92 Å². The Morgan fingerprint density at radius 2 is 1.75 bits per heavy atom. The summed E-state index contributed by atoms with van der Waals surface area (Å²) in [7, 11) is 0. The summed E-state index contributed by atoms with van der Waals surface area (Å²) in [5, 5.41) is 27.9. The first-order valence-corrected chi connectivity index (χ1v) is 3.85. The average Bonchev–Trinajstić information content (AvgIpc) is 2.03. The second kappa shape index (κ2) is 3.45. The minimum absolute atomic E-state index is 0.0654. The predicted molar refractivity (Wildman–Crippen MR) is 45.0 cm³/mol. The molecule has 3 N–H and O–H groups in total. The van der Waals surface area contributed by atoms with Gasteiger partial charge in [0.25, 0.3) is 0 Å². The monoisotopic (exact) mass is 168 g/mol. The molecule has 1 rings (SSSR count). The van der Waals surface area contributed by atoms with Crippen LogP contribution in [0.4, 0.5) is 0 Å². The van der Waals surface area contributed by atoms with Crippen LogP contribution in [-0.4, -0.2) is 15.3 Å². The molecule has 0 aliphatic rings. The third kappa shape index (κ3) is 1.51. The maximum atomic E-state index is 9.37. The van der Waals surface area contributed by atoms with Crippen LogP contribution in [0.3, 0.4) is 0 Å². The van der Waals surface area contributed by atoms with E-state index < -0.39 is 6.10 Å². The highest BCUT2D eigenvalue weighted by Crippen LogP contribution is 2.33. The van der Waals surface area contributed by atoms with Gasteiger partial charge in [0.15, 0.2) is 0 Å². The summed E-state index contributed by atoms with van der Waals surface area (Å²) in [5.74, 6) is -0.131. The number of rotatable bonds is 2. The average molecular weight is 168 g/mol. The summed E-state index contributed by atoms with van der Waals surface area (Å²) in [5.41, 5.74) is 0.208. The van der Waals surface area contributed by atoms with Crippen molar-refractivity contribution in [2.24, 2.45) is 0 Å². The molecule has 1 unspecified atom stereocenters. The second-order valence-electron chi connectivity index (χ2n) is 2.63. The molecule has 12 heavy (non-hydrogen) atoms. The highest BCUT2D eigenvalue weighted by atomic mass is 16.3. The second-order valence-corrected chi connectivity index (χ2v) is 2.63. The van der Waals surface area contributed by atoms with Crippen molar-refractivity contribution in [3.05, 3.63) is 23.8 Å². The molecule has 0 fully saturated rings. The largest absolute Gasteiger partial charge is 0.507 e. The number of aromatic hydroxyl groups is 2. The quantitative estimate of drug-likeness (QED) is 0.627. The van der Waals surface area contributed by atoms with E-state index in [1.807, 2.05) is 0 Å². The molecule has 0 aromatic heterocycles. The topological polar surface area (TPSA) is 60.7 Å². The summed E-state index contributed by atoms with van der Waals surface area (Å²) in [6.07, 6.45) is -0.336. The van der Waals surface area contributed by atoms with Gasteiger partial charge >= 0.3 is 0 Å². The van der Waals surface area contributed by atoms with Crippen molar-refractivity contribution in [3.8, 4) is 11.5 Å². The highest BCUT2D eigenvalue weighted by molar-refractivity contribution is 5.44. The van der Waals surface area contributed by atoms with Gasteiger partial charge in [-0.05, 0) is 18.6 Å². The van der Waals surface area contributed by atoms with Gasteiger partial charge in [-0.2, -0.15) is 0 Å². The lowest BCUT2D eigenvalue weighted by Crippen LogP contribution is -1.95. The first-order chi connectivity index (χ1) is 5.66. The molecule has 0 spiro atoms. The maximum absolute atomic E-state index is 9.37. The van der Waals surface area contributed by atoms with Crippen molar-refractivity contribution in [1.82, 2.24) is 0 Å². The van der Waals surface area contributed by atoms with Crippen LogP contribution in [0.2, 0.25) is 0 Å². The van der Waals surface area contributed by atoms with E-state index in [0.29, 0.717) is 6.42 Å². The van der Waals surface area contributed by atoms with Gasteiger partial charge in [-0.15, -0.1) is 0 Å². The molecule has 1 aromatic carbocycles. The van der Waals surface area contributed by atoms with Crippen LogP contribution in [-0.2, 0) is 0 Å². The molecule has 0 saturated heterocycles. The standard InChI is InChI=1S/C9H12O3/c1-2-6(10)9-7(11)4-3-5-8(9)12/h3-6,10-12H,2H2,1H3. The number of phenolic OH excluding ortho intramolecular Hbond substituents is 2. The Morgan fingerprint density at radius 3 is 2.17 bits per heavy atom. The highest BCUT2D eigenvalue weighted by Gasteiger charge is 2.14. The van der Waals surface area contributed by atoms with Crippen molar-refractivity contribution in [2.75, 3.05) is 0 Å². The van der Waals surface area contributed by atoms with Gasteiger partial charge in [0.1, 0.15) is 11.5 Å². The Morgan fingerprint density at radius 1 is 1.25 bits per heavy atom. The molecule has 0 saturated carbocycles. The third-order valence-corrected chi connectivity index (χ3v) is 1.78. The number of hydrogen-bond acceptors (Lipinski definition) is 3. The molecule has 0 bridgehead atoms. The lowest BCUT2D eigenvalue weighted by Gasteiger charge is -2.11. The maximum Gasteiger partial charge on any atom is 0.125 e. The van der Waals surface area contributed by atoms with Crippen LogP contribution in [0.5, 0.6) is 11.5 Å². The Balaban J connectivity index is 3.12. The Labute approximate surface area is 70.9 Å². The Kier molecular flexibility index (Phi) is 2.55. The van der Waals surface area contributed by atoms with Crippen LogP contribution in [0.15, 0.2) is 18.2 Å². The Bertz CT molecular complexity index is 250. The van der Waals surface area contributed by atoms with Crippen molar-refractivity contribution >= 4 is 0 Å². The van der Waals surface area contributed by atoms with Crippen LogP contribution < -0.4 is 0 Å². The van der Waals surface area contributed by atoms with Gasteiger partial charge in [0.2, 0.25) is 0 Å². The molecule has 0 amide bonds. The third-order valence-electron chi connectivity index (χ3n) is 1.78. The normalized spacial score (nSPS) is 12.8. The molecule has 0 heterocycles. The number of benzene rings is 1. The van der Waals surface area contributed by atoms with Gasteiger partial charge in [-0.3, -0.25) is 0 Å². The van der Waals surface area contributed by atoms with E-state index in [0.717, 1.165) is 0 Å². The smallest absolute Gasteiger partial charge is 0.125 e. The van der Waals surface area contributed by atoms with E-state index in [4.69, 9.17) is 0 Å². The van der Waals surface area contributed by atoms with E-state index in [1.165, 1.54) is 18.2 Å². The van der Waals surface area contributed by atoms with Crippen LogP contribution in [0, 0.1) is 0 Å². The van der Waals surface area contributed by atoms with Gasteiger partial charge in [0.05, 0.1) is 11.7 Å². The van der Waals surface area contributed by atoms with Crippen molar-refractivity contribution in [3.63, 3.8) is 0 Å². The van der Waals surface area contributed by atoms with E-state index in [2.05, 4.69) is 0 Å². The van der Waals surface area contributed by atoms with E-state index in [-0.39, 0.29) is 17.1 Å². The molecule has 0 radical (unpaired) electrons. The van der Waals surface area contributed by atoms with E-state index >= 15 is 0 Å². The van der Waals surface area contributed by atoms with Gasteiger partial charge < -0.3 is 15.3 Å². The molecule has 3 nitrogen and oxygen atoms in total. The molecule has 0 aliphatic carbocycles. The van der Waals surface area contributed by atoms with Crippen LogP contribution >= 0.6 is 0 Å². The molecule has 66 valence electrons. The lowest BCUT2D eigenvalue weighted by atomic mass is 10.1. The van der Waals surface area contributed by atoms with Gasteiger partial charge in [-0.25, -0.2) is 0 Å². The molecular formula is C9H12O3. The molecular weight excluding hydrogens is 156 g/mol. The number of aliphatic hydroxyl groups excluding tert-OH is 1. The minimum Gasteiger partial charge on any atom is -0.507 e. The fraction of sp³-hybridized carbons (Fsp3) is 0.333. The van der Waals surface area contributed by atoms with Crippen molar-refractivity contribution in [1.29, 1.82) is 0 Å². The fourth-order valence-corrected chi connectivity index (χ4v) is 1.09. The summed E-state index contributed by atoms with van der Waals surface area (Å²) in [6.45, 7) is 1.77. The first kappa shape index (κ1) is 8.87. The van der Waals surface area contributed by atoms with E-state index in [9.17, 15) is 15.3 Å². The van der Waals surface area contributed by atoms with Crippen LogP contribution in [0.25, 0.3) is 0 Å². The zero-order valence-electron chi connectivity index (χ0n) is 6.86. The zero-order chi connectivity index (χ0) is 9.14. The van der Waals surface area contributed by atoms with Gasteiger partial charge in [0, 0.05) is 0 Å². The number of aliphatic hydroxyl groups is 1. The molecule has 0 aliphatic heterocycles. The summed E-state index contributed by atoms with van der Waals surface area (Å²) in [4.78, 5) is 0. The van der Waals surface area contributed by atoms with Gasteiger partial charge in [-0.1, -0.05) is 13.0 Å². The molecule has 1 atom stereocenters. The van der Waals surface area contributed by atoms with Crippen molar-refractivity contribution in [2.45, 2.75) is 19.4 Å².